The van der Waals surface area contributed by atoms with E-state index in [0.29, 0.717) is 16.5 Å². The van der Waals surface area contributed by atoms with Crippen molar-refractivity contribution < 1.29 is 14.4 Å². The Morgan fingerprint density at radius 3 is 2.53 bits per heavy atom. The number of halogens is 2. The molecule has 3 rings (SSSR count). The summed E-state index contributed by atoms with van der Waals surface area (Å²) in [5, 5.41) is 11.4. The summed E-state index contributed by atoms with van der Waals surface area (Å²) in [5.41, 5.74) is 3.49. The summed E-state index contributed by atoms with van der Waals surface area (Å²) in [6.45, 7) is 2.21. The average molecular weight is 537 g/mol. The molecule has 3 aromatic carbocycles. The number of methoxy groups -OCH3 is 1. The second-order valence-corrected chi connectivity index (χ2v) is 8.01. The van der Waals surface area contributed by atoms with Crippen LogP contribution in [0.2, 0.25) is 5.02 Å². The highest BCUT2D eigenvalue weighted by atomic mass is 127. The second kappa shape index (κ2) is 9.90. The number of benzene rings is 3. The van der Waals surface area contributed by atoms with Gasteiger partial charge in [-0.15, -0.1) is 0 Å². The third-order valence-electron chi connectivity index (χ3n) is 4.30. The quantitative estimate of drug-likeness (QED) is 0.150. The van der Waals surface area contributed by atoms with Crippen LogP contribution in [0.5, 0.6) is 11.5 Å². The molecule has 30 heavy (non-hydrogen) atoms. The lowest BCUT2D eigenvalue weighted by Gasteiger charge is -2.13. The zero-order valence-electron chi connectivity index (χ0n) is 16.3. The minimum Gasteiger partial charge on any atom is -0.493 e. The number of aryl methyl sites for hydroxylation is 1. The lowest BCUT2D eigenvalue weighted by atomic mass is 10.2. The van der Waals surface area contributed by atoms with Gasteiger partial charge >= 0.3 is 0 Å². The van der Waals surface area contributed by atoms with E-state index in [4.69, 9.17) is 21.1 Å². The molecule has 6 nitrogen and oxygen atoms in total. The third kappa shape index (κ3) is 5.48. The molecule has 0 N–H and O–H groups in total. The van der Waals surface area contributed by atoms with Gasteiger partial charge < -0.3 is 9.47 Å². The van der Waals surface area contributed by atoms with Crippen LogP contribution in [0.15, 0.2) is 59.6 Å². The molecule has 0 aromatic heterocycles. The Morgan fingerprint density at radius 2 is 1.90 bits per heavy atom. The molecule has 0 aliphatic carbocycles. The maximum atomic E-state index is 10.8. The van der Waals surface area contributed by atoms with E-state index in [1.54, 1.807) is 25.5 Å². The fourth-order valence-electron chi connectivity index (χ4n) is 2.63. The first kappa shape index (κ1) is 22.0. The molecule has 0 bridgehead atoms. The van der Waals surface area contributed by atoms with Crippen LogP contribution >= 0.6 is 34.2 Å². The molecule has 0 atom stereocenters. The largest absolute Gasteiger partial charge is 0.493 e. The van der Waals surface area contributed by atoms with Crippen molar-refractivity contribution in [2.45, 2.75) is 13.5 Å². The molecule has 3 aromatic rings. The predicted octanol–water partition coefficient (Wildman–Crippen LogP) is 6.50. The Bertz CT molecular complexity index is 1100. The van der Waals surface area contributed by atoms with Gasteiger partial charge in [-0.1, -0.05) is 17.7 Å². The molecular weight excluding hydrogens is 519 g/mol. The van der Waals surface area contributed by atoms with Gasteiger partial charge in [-0.3, -0.25) is 15.1 Å². The minimum atomic E-state index is -0.429. The van der Waals surface area contributed by atoms with Crippen LogP contribution in [0.4, 0.5) is 11.4 Å². The van der Waals surface area contributed by atoms with E-state index in [0.717, 1.165) is 25.9 Å². The first-order chi connectivity index (χ1) is 14.4. The van der Waals surface area contributed by atoms with Crippen LogP contribution in [-0.2, 0) is 6.61 Å². The highest BCUT2D eigenvalue weighted by molar-refractivity contribution is 14.1. The van der Waals surface area contributed by atoms with E-state index >= 15 is 0 Å². The normalized spacial score (nSPS) is 10.9. The average Bonchev–Trinajstić information content (AvgIpc) is 2.73. The molecule has 0 fully saturated rings. The van der Waals surface area contributed by atoms with Crippen LogP contribution in [0.25, 0.3) is 0 Å². The van der Waals surface area contributed by atoms with Gasteiger partial charge in [0.2, 0.25) is 0 Å². The number of nitro benzene ring substituents is 1. The molecule has 0 radical (unpaired) electrons. The van der Waals surface area contributed by atoms with E-state index in [1.165, 1.54) is 12.1 Å². The molecule has 0 spiro atoms. The molecule has 8 heteroatoms. The third-order valence-corrected chi connectivity index (χ3v) is 5.51. The molecule has 0 heterocycles. The number of nitro groups is 1. The van der Waals surface area contributed by atoms with Gasteiger partial charge in [0.1, 0.15) is 6.61 Å². The number of hydrogen-bond acceptors (Lipinski definition) is 5. The van der Waals surface area contributed by atoms with Crippen LogP contribution < -0.4 is 9.47 Å². The number of non-ortho nitro benzene ring substituents is 1. The van der Waals surface area contributed by atoms with Crippen molar-refractivity contribution in [3.63, 3.8) is 0 Å². The number of ether oxygens (including phenoxy) is 2. The minimum absolute atomic E-state index is 0.0458. The van der Waals surface area contributed by atoms with Crippen molar-refractivity contribution in [1.29, 1.82) is 0 Å². The number of aliphatic imine (C=N–C) groups is 1. The summed E-state index contributed by atoms with van der Waals surface area (Å²) < 4.78 is 12.3. The van der Waals surface area contributed by atoms with Gasteiger partial charge in [-0.25, -0.2) is 0 Å². The van der Waals surface area contributed by atoms with Crippen LogP contribution in [0, 0.1) is 20.6 Å². The van der Waals surface area contributed by atoms with E-state index in [2.05, 4.69) is 27.6 Å². The molecule has 0 aliphatic heterocycles. The van der Waals surface area contributed by atoms with E-state index in [9.17, 15) is 10.1 Å². The summed E-state index contributed by atoms with van der Waals surface area (Å²) in [7, 11) is 1.57. The standard InChI is InChI=1S/C22H18ClIN2O4/c1-14-3-6-17(11-19(14)23)25-12-16-9-20(24)22(21(10-16)29-2)30-13-15-4-7-18(8-5-15)26(27)28/h3-12H,13H2,1-2H3. The molecule has 0 saturated heterocycles. The summed E-state index contributed by atoms with van der Waals surface area (Å²) in [4.78, 5) is 14.8. The van der Waals surface area contributed by atoms with Crippen LogP contribution in [0.3, 0.4) is 0 Å². The number of nitrogens with zero attached hydrogens (tertiary/aromatic N) is 2. The van der Waals surface area contributed by atoms with E-state index in [1.807, 2.05) is 37.3 Å². The second-order valence-electron chi connectivity index (χ2n) is 6.44. The maximum Gasteiger partial charge on any atom is 0.269 e. The van der Waals surface area contributed by atoms with E-state index < -0.39 is 4.92 Å². The van der Waals surface area contributed by atoms with Gasteiger partial charge in [0.05, 0.1) is 21.3 Å². The SMILES string of the molecule is COc1cc(C=Nc2ccc(C)c(Cl)c2)cc(I)c1OCc1ccc([N+](=O)[O-])cc1. The number of hydrogen-bond donors (Lipinski definition) is 0. The van der Waals surface area contributed by atoms with Gasteiger partial charge in [-0.2, -0.15) is 0 Å². The fourth-order valence-corrected chi connectivity index (χ4v) is 3.59. The van der Waals surface area contributed by atoms with Crippen molar-refractivity contribution in [2.24, 2.45) is 4.99 Å². The zero-order valence-corrected chi connectivity index (χ0v) is 19.2. The topological polar surface area (TPSA) is 74.0 Å². The predicted molar refractivity (Wildman–Crippen MR) is 127 cm³/mol. The monoisotopic (exact) mass is 536 g/mol. The van der Waals surface area contributed by atoms with Crippen LogP contribution in [-0.4, -0.2) is 18.2 Å². The highest BCUT2D eigenvalue weighted by Gasteiger charge is 2.12. The summed E-state index contributed by atoms with van der Waals surface area (Å²) in [5.74, 6) is 1.18. The fraction of sp³-hybridized carbons (Fsp3) is 0.136. The Labute approximate surface area is 192 Å². The molecule has 0 unspecified atom stereocenters. The van der Waals surface area contributed by atoms with Gasteiger partial charge in [0.15, 0.2) is 11.5 Å². The van der Waals surface area contributed by atoms with Gasteiger partial charge in [-0.05, 0) is 82.6 Å². The van der Waals surface area contributed by atoms with Crippen molar-refractivity contribution in [2.75, 3.05) is 7.11 Å². The number of rotatable bonds is 7. The zero-order chi connectivity index (χ0) is 21.7. The molecular formula is C22H18ClIN2O4. The lowest BCUT2D eigenvalue weighted by Crippen LogP contribution is -2.01. The van der Waals surface area contributed by atoms with Crippen molar-refractivity contribution in [3.8, 4) is 11.5 Å². The van der Waals surface area contributed by atoms with Gasteiger partial charge in [0.25, 0.3) is 5.69 Å². The molecule has 154 valence electrons. The summed E-state index contributed by atoms with van der Waals surface area (Å²) in [6.07, 6.45) is 1.74. The van der Waals surface area contributed by atoms with E-state index in [-0.39, 0.29) is 12.3 Å². The van der Waals surface area contributed by atoms with Gasteiger partial charge in [0, 0.05) is 23.4 Å². The van der Waals surface area contributed by atoms with Crippen LogP contribution in [0.1, 0.15) is 16.7 Å². The van der Waals surface area contributed by atoms with Crippen molar-refractivity contribution in [1.82, 2.24) is 0 Å². The summed E-state index contributed by atoms with van der Waals surface area (Å²) >= 11 is 8.33. The highest BCUT2D eigenvalue weighted by Crippen LogP contribution is 2.34. The first-order valence-corrected chi connectivity index (χ1v) is 10.4. The molecule has 0 saturated carbocycles. The Hall–Kier alpha value is -2.65. The van der Waals surface area contributed by atoms with Crippen molar-refractivity contribution in [3.05, 3.63) is 90.0 Å². The Kier molecular flexibility index (Phi) is 7.28. The first-order valence-electron chi connectivity index (χ1n) is 8.91. The Balaban J connectivity index is 1.77. The smallest absolute Gasteiger partial charge is 0.269 e. The summed E-state index contributed by atoms with van der Waals surface area (Å²) in [6, 6.07) is 15.7. The van der Waals surface area contributed by atoms with Crippen molar-refractivity contribution >= 4 is 51.8 Å². The molecule has 0 amide bonds. The lowest BCUT2D eigenvalue weighted by molar-refractivity contribution is -0.384. The Morgan fingerprint density at radius 1 is 1.17 bits per heavy atom. The maximum absolute atomic E-state index is 10.8. The molecule has 0 aliphatic rings.